The van der Waals surface area contributed by atoms with Crippen LogP contribution < -0.4 is 0 Å². The normalized spacial score (nSPS) is 10.6. The van der Waals surface area contributed by atoms with Gasteiger partial charge in [0.25, 0.3) is 0 Å². The van der Waals surface area contributed by atoms with Gasteiger partial charge < -0.3 is 14.3 Å². The van der Waals surface area contributed by atoms with Crippen LogP contribution in [0, 0.1) is 0 Å². The second-order valence-corrected chi connectivity index (χ2v) is 5.25. The topological polar surface area (TPSA) is 35.5 Å². The zero-order valence-electron chi connectivity index (χ0n) is 14.4. The molecule has 0 aromatic heterocycles. The Bertz CT molecular complexity index is 560. The Balaban J connectivity index is 0.000000463. The fourth-order valence-electron chi connectivity index (χ4n) is 2.12. The summed E-state index contributed by atoms with van der Waals surface area (Å²) in [6.07, 6.45) is 1.35. The molecule has 0 saturated heterocycles. The van der Waals surface area contributed by atoms with Crippen molar-refractivity contribution in [3.63, 3.8) is 0 Å². The summed E-state index contributed by atoms with van der Waals surface area (Å²) in [7, 11) is 3.36. The summed E-state index contributed by atoms with van der Waals surface area (Å²) in [6.45, 7) is 3.43. The first kappa shape index (κ1) is 19.1. The molecule has 0 unspecified atom stereocenters. The third-order valence-corrected chi connectivity index (χ3v) is 3.65. The molecule has 2 rings (SSSR count). The van der Waals surface area contributed by atoms with Gasteiger partial charge in [-0.25, -0.2) is 0 Å². The first-order chi connectivity index (χ1) is 11.1. The lowest BCUT2D eigenvalue weighted by Gasteiger charge is -2.31. The van der Waals surface area contributed by atoms with Gasteiger partial charge in [-0.3, -0.25) is 0 Å². The molecule has 3 heteroatoms. The molecule has 0 aliphatic rings. The zero-order valence-corrected chi connectivity index (χ0v) is 14.4. The second kappa shape index (κ2) is 9.93. The number of rotatable bonds is 6. The maximum atomic E-state index is 9.81. The largest absolute Gasteiger partial charge is 0.349 e. The van der Waals surface area contributed by atoms with E-state index in [1.807, 2.05) is 55.5 Å². The predicted molar refractivity (Wildman–Crippen MR) is 93.3 cm³/mol. The Labute approximate surface area is 139 Å². The van der Waals surface area contributed by atoms with Crippen LogP contribution in [0.3, 0.4) is 0 Å². The van der Waals surface area contributed by atoms with Gasteiger partial charge in [0.15, 0.2) is 5.79 Å². The van der Waals surface area contributed by atoms with E-state index in [-0.39, 0.29) is 5.78 Å². The number of carbonyl (C=O) groups excluding carboxylic acids is 1. The molecule has 23 heavy (non-hydrogen) atoms. The Morgan fingerprint density at radius 3 is 1.74 bits per heavy atom. The standard InChI is InChI=1S/C16H18O2.C4H8O/c1-17-16(18-2,15-11-7-4-8-12-15)13-14-9-5-3-6-10-14;1-3-4(2)5/h3-12H,13H2,1-2H3;3H2,1-2H3. The number of methoxy groups -OCH3 is 2. The molecule has 0 aliphatic carbocycles. The molecule has 0 spiro atoms. The number of benzene rings is 2. The van der Waals surface area contributed by atoms with Crippen molar-refractivity contribution < 1.29 is 14.3 Å². The molecule has 0 saturated carbocycles. The smallest absolute Gasteiger partial charge is 0.198 e. The molecule has 0 fully saturated rings. The highest BCUT2D eigenvalue weighted by Gasteiger charge is 2.32. The van der Waals surface area contributed by atoms with Crippen LogP contribution in [-0.2, 0) is 26.5 Å². The minimum atomic E-state index is -0.720. The fourth-order valence-corrected chi connectivity index (χ4v) is 2.12. The van der Waals surface area contributed by atoms with Crippen molar-refractivity contribution in [3.05, 3.63) is 71.8 Å². The average molecular weight is 314 g/mol. The third kappa shape index (κ3) is 5.97. The number of hydrogen-bond acceptors (Lipinski definition) is 3. The van der Waals surface area contributed by atoms with Gasteiger partial charge in [-0.15, -0.1) is 0 Å². The maximum absolute atomic E-state index is 9.81. The van der Waals surface area contributed by atoms with Gasteiger partial charge in [0.05, 0.1) is 0 Å². The molecule has 0 bridgehead atoms. The summed E-state index contributed by atoms with van der Waals surface area (Å²) in [5, 5.41) is 0. The van der Waals surface area contributed by atoms with E-state index in [1.165, 1.54) is 5.56 Å². The van der Waals surface area contributed by atoms with Gasteiger partial charge in [0.1, 0.15) is 5.78 Å². The highest BCUT2D eigenvalue weighted by Crippen LogP contribution is 2.30. The van der Waals surface area contributed by atoms with Gasteiger partial charge in [-0.05, 0) is 12.5 Å². The summed E-state index contributed by atoms with van der Waals surface area (Å²) in [4.78, 5) is 9.81. The Morgan fingerprint density at radius 2 is 1.35 bits per heavy atom. The van der Waals surface area contributed by atoms with Gasteiger partial charge in [-0.1, -0.05) is 67.6 Å². The molecule has 0 aliphatic heterocycles. The molecule has 2 aromatic carbocycles. The third-order valence-electron chi connectivity index (χ3n) is 3.65. The molecular formula is C20H26O3. The number of ketones is 1. The van der Waals surface area contributed by atoms with E-state index in [0.717, 1.165) is 5.56 Å². The molecule has 2 aromatic rings. The molecule has 0 atom stereocenters. The number of Topliss-reactive ketones (excluding diaryl/α,β-unsaturated/α-hetero) is 1. The summed E-state index contributed by atoms with van der Waals surface area (Å²) in [5.41, 5.74) is 2.21. The predicted octanol–water partition coefficient (Wildman–Crippen LogP) is 4.36. The van der Waals surface area contributed by atoms with Crippen LogP contribution in [-0.4, -0.2) is 20.0 Å². The van der Waals surface area contributed by atoms with Crippen molar-refractivity contribution in [2.45, 2.75) is 32.5 Å². The Hall–Kier alpha value is -1.97. The van der Waals surface area contributed by atoms with E-state index in [0.29, 0.717) is 12.8 Å². The Kier molecular flexibility index (Phi) is 8.23. The summed E-state index contributed by atoms with van der Waals surface area (Å²) >= 11 is 0. The average Bonchev–Trinajstić information content (AvgIpc) is 2.62. The van der Waals surface area contributed by atoms with E-state index >= 15 is 0 Å². The van der Waals surface area contributed by atoms with Crippen LogP contribution >= 0.6 is 0 Å². The molecule has 0 N–H and O–H groups in total. The summed E-state index contributed by atoms with van der Waals surface area (Å²) in [6, 6.07) is 20.2. The van der Waals surface area contributed by atoms with Crippen LogP contribution in [0.1, 0.15) is 31.4 Å². The zero-order chi connectivity index (χ0) is 17.1. The van der Waals surface area contributed by atoms with Crippen molar-refractivity contribution in [2.24, 2.45) is 0 Å². The van der Waals surface area contributed by atoms with Crippen LogP contribution in [0.5, 0.6) is 0 Å². The Morgan fingerprint density at radius 1 is 0.913 bits per heavy atom. The van der Waals surface area contributed by atoms with Crippen LogP contribution in [0.15, 0.2) is 60.7 Å². The number of hydrogen-bond donors (Lipinski definition) is 0. The van der Waals surface area contributed by atoms with Gasteiger partial charge in [0.2, 0.25) is 0 Å². The van der Waals surface area contributed by atoms with Crippen molar-refractivity contribution in [1.82, 2.24) is 0 Å². The van der Waals surface area contributed by atoms with Gasteiger partial charge in [-0.2, -0.15) is 0 Å². The van der Waals surface area contributed by atoms with E-state index < -0.39 is 5.79 Å². The van der Waals surface area contributed by atoms with Crippen molar-refractivity contribution in [3.8, 4) is 0 Å². The lowest BCUT2D eigenvalue weighted by Crippen LogP contribution is -2.33. The van der Waals surface area contributed by atoms with Crippen LogP contribution in [0.4, 0.5) is 0 Å². The molecule has 0 amide bonds. The van der Waals surface area contributed by atoms with E-state index in [1.54, 1.807) is 21.1 Å². The maximum Gasteiger partial charge on any atom is 0.198 e. The first-order valence-electron chi connectivity index (χ1n) is 7.77. The highest BCUT2D eigenvalue weighted by molar-refractivity contribution is 5.74. The van der Waals surface area contributed by atoms with Crippen molar-refractivity contribution in [2.75, 3.05) is 14.2 Å². The quantitative estimate of drug-likeness (QED) is 0.743. The van der Waals surface area contributed by atoms with Crippen molar-refractivity contribution in [1.29, 1.82) is 0 Å². The van der Waals surface area contributed by atoms with Crippen LogP contribution in [0.2, 0.25) is 0 Å². The van der Waals surface area contributed by atoms with E-state index in [2.05, 4.69) is 12.1 Å². The minimum absolute atomic E-state index is 0.255. The SMILES string of the molecule is CCC(C)=O.COC(Cc1ccccc1)(OC)c1ccccc1. The summed E-state index contributed by atoms with van der Waals surface area (Å²) < 4.78 is 11.3. The van der Waals surface area contributed by atoms with E-state index in [9.17, 15) is 4.79 Å². The minimum Gasteiger partial charge on any atom is -0.349 e. The lowest BCUT2D eigenvalue weighted by atomic mass is 9.97. The first-order valence-corrected chi connectivity index (χ1v) is 7.77. The lowest BCUT2D eigenvalue weighted by molar-refractivity contribution is -0.215. The van der Waals surface area contributed by atoms with Crippen LogP contribution in [0.25, 0.3) is 0 Å². The van der Waals surface area contributed by atoms with E-state index in [4.69, 9.17) is 9.47 Å². The number of carbonyl (C=O) groups is 1. The molecule has 0 radical (unpaired) electrons. The highest BCUT2D eigenvalue weighted by atomic mass is 16.7. The van der Waals surface area contributed by atoms with Crippen molar-refractivity contribution >= 4 is 5.78 Å². The molecule has 3 nitrogen and oxygen atoms in total. The fraction of sp³-hybridized carbons (Fsp3) is 0.350. The summed E-state index contributed by atoms with van der Waals surface area (Å²) in [5.74, 6) is -0.465. The van der Waals surface area contributed by atoms with Gasteiger partial charge >= 0.3 is 0 Å². The second-order valence-electron chi connectivity index (χ2n) is 5.25. The molecule has 0 heterocycles. The number of ether oxygens (including phenoxy) is 2. The monoisotopic (exact) mass is 314 g/mol. The van der Waals surface area contributed by atoms with Gasteiger partial charge in [0, 0.05) is 32.6 Å². The molecule has 124 valence electrons. The molecular weight excluding hydrogens is 288 g/mol.